The minimum absolute atomic E-state index is 0.143. The van der Waals surface area contributed by atoms with Crippen LogP contribution in [-0.2, 0) is 22.4 Å². The summed E-state index contributed by atoms with van der Waals surface area (Å²) in [6.07, 6.45) is 3.32. The summed E-state index contributed by atoms with van der Waals surface area (Å²) >= 11 is -0.556. The first kappa shape index (κ1) is 27.7. The number of hydrogen-bond donors (Lipinski definition) is 2. The van der Waals surface area contributed by atoms with Crippen LogP contribution in [0.15, 0.2) is 107 Å². The minimum atomic E-state index is -0.665. The molecule has 0 bridgehead atoms. The van der Waals surface area contributed by atoms with Crippen molar-refractivity contribution in [2.75, 3.05) is 0 Å². The molecule has 4 aromatic rings. The SMILES string of the molecule is CC(C)(c1cccc(C=Nc2ccccc2)c1O)c1cccc(C=Nc2ccccc2)c1O.[Cl][Ti][Cl]. The molecule has 0 aliphatic carbocycles. The molecule has 2 N–H and O–H groups in total. The summed E-state index contributed by atoms with van der Waals surface area (Å²) < 4.78 is 0. The molecular formula is C29H26Cl2N2O2Ti. The van der Waals surface area contributed by atoms with Crippen molar-refractivity contribution in [2.24, 2.45) is 9.98 Å². The number of rotatable bonds is 6. The van der Waals surface area contributed by atoms with Gasteiger partial charge in [0, 0.05) is 40.1 Å². The van der Waals surface area contributed by atoms with Crippen molar-refractivity contribution in [3.63, 3.8) is 0 Å². The Morgan fingerprint density at radius 2 is 0.972 bits per heavy atom. The predicted octanol–water partition coefficient (Wildman–Crippen LogP) is 8.30. The van der Waals surface area contributed by atoms with Gasteiger partial charge in [-0.3, -0.25) is 9.98 Å². The Morgan fingerprint density at radius 1 is 0.611 bits per heavy atom. The zero-order valence-corrected chi connectivity index (χ0v) is 23.0. The number of benzene rings is 4. The number of halogens is 2. The standard InChI is InChI=1S/C29H26N2O2.2ClH.Ti/c1-29(2,25-17-9-11-21(27(25)32)19-30-23-13-5-3-6-14-23)26-18-10-12-22(28(26)33)20-31-24-15-7-4-8-16-24;;;/h3-20,32-33H,1-2H3;2*1H;/q;;;+2/p-2. The summed E-state index contributed by atoms with van der Waals surface area (Å²) in [7, 11) is 9.78. The second kappa shape index (κ2) is 13.4. The number of para-hydroxylation sites is 4. The average molecular weight is 553 g/mol. The third kappa shape index (κ3) is 7.08. The van der Waals surface area contributed by atoms with Crippen molar-refractivity contribution < 1.29 is 27.2 Å². The Labute approximate surface area is 228 Å². The van der Waals surface area contributed by atoms with Crippen LogP contribution >= 0.6 is 18.6 Å². The Hall–Kier alpha value is -2.89. The van der Waals surface area contributed by atoms with E-state index >= 15 is 0 Å². The Balaban J connectivity index is 0.00000115. The molecule has 4 aromatic carbocycles. The summed E-state index contributed by atoms with van der Waals surface area (Å²) in [5.41, 5.74) is 3.59. The van der Waals surface area contributed by atoms with Crippen molar-refractivity contribution in [3.8, 4) is 11.5 Å². The molecule has 0 atom stereocenters. The normalized spacial score (nSPS) is 11.3. The third-order valence-electron chi connectivity index (χ3n) is 5.70. The molecule has 0 fully saturated rings. The first-order valence-electron chi connectivity index (χ1n) is 11.2. The Morgan fingerprint density at radius 3 is 1.33 bits per heavy atom. The molecule has 0 aliphatic heterocycles. The van der Waals surface area contributed by atoms with Gasteiger partial charge in [-0.2, -0.15) is 0 Å². The van der Waals surface area contributed by atoms with E-state index in [1.807, 2.05) is 111 Å². The van der Waals surface area contributed by atoms with Crippen LogP contribution in [0.3, 0.4) is 0 Å². The van der Waals surface area contributed by atoms with E-state index in [4.69, 9.17) is 18.6 Å². The fraction of sp³-hybridized carbons (Fsp3) is 0.103. The molecule has 36 heavy (non-hydrogen) atoms. The van der Waals surface area contributed by atoms with Gasteiger partial charge in [0.25, 0.3) is 0 Å². The van der Waals surface area contributed by atoms with Crippen molar-refractivity contribution in [2.45, 2.75) is 19.3 Å². The van der Waals surface area contributed by atoms with Crippen LogP contribution in [0.4, 0.5) is 11.4 Å². The molecule has 0 amide bonds. The van der Waals surface area contributed by atoms with E-state index in [0.717, 1.165) is 11.4 Å². The summed E-state index contributed by atoms with van der Waals surface area (Å²) in [4.78, 5) is 8.93. The topological polar surface area (TPSA) is 65.2 Å². The third-order valence-corrected chi connectivity index (χ3v) is 5.70. The number of phenolic OH excluding ortho intramolecular Hbond substituents is 2. The van der Waals surface area contributed by atoms with Crippen molar-refractivity contribution in [1.82, 2.24) is 0 Å². The van der Waals surface area contributed by atoms with Crippen molar-refractivity contribution in [3.05, 3.63) is 119 Å². The van der Waals surface area contributed by atoms with E-state index < -0.39 is 22.4 Å². The zero-order valence-electron chi connectivity index (χ0n) is 19.9. The van der Waals surface area contributed by atoms with Crippen LogP contribution in [0, 0.1) is 0 Å². The molecule has 4 rings (SSSR count). The molecule has 7 heteroatoms. The average Bonchev–Trinajstić information content (AvgIpc) is 2.89. The van der Waals surface area contributed by atoms with Gasteiger partial charge in [-0.25, -0.2) is 0 Å². The van der Waals surface area contributed by atoms with Crippen LogP contribution in [0.2, 0.25) is 0 Å². The molecule has 0 saturated heterocycles. The van der Waals surface area contributed by atoms with Crippen LogP contribution in [0.1, 0.15) is 36.1 Å². The first-order chi connectivity index (χ1) is 17.4. The second-order valence-corrected chi connectivity index (χ2v) is 10.9. The Bertz CT molecular complexity index is 1230. The van der Waals surface area contributed by atoms with Gasteiger partial charge in [0.05, 0.1) is 11.4 Å². The molecular weight excluding hydrogens is 527 g/mol. The van der Waals surface area contributed by atoms with Gasteiger partial charge >= 0.3 is 35.6 Å². The molecule has 0 spiro atoms. The number of aromatic hydroxyl groups is 2. The summed E-state index contributed by atoms with van der Waals surface area (Å²) in [5, 5.41) is 22.2. The van der Waals surface area contributed by atoms with E-state index in [-0.39, 0.29) is 11.5 Å². The zero-order chi connectivity index (χ0) is 26.0. The summed E-state index contributed by atoms with van der Waals surface area (Å²) in [5.74, 6) is 0.287. The van der Waals surface area contributed by atoms with E-state index in [9.17, 15) is 10.2 Å². The summed E-state index contributed by atoms with van der Waals surface area (Å²) in [6, 6.07) is 30.3. The molecule has 4 nitrogen and oxygen atoms in total. The van der Waals surface area contributed by atoms with E-state index in [0.29, 0.717) is 22.3 Å². The van der Waals surface area contributed by atoms with Gasteiger partial charge in [0.1, 0.15) is 11.5 Å². The fourth-order valence-corrected chi connectivity index (χ4v) is 3.80. The predicted molar refractivity (Wildman–Crippen MR) is 147 cm³/mol. The molecule has 0 heterocycles. The number of nitrogens with zero attached hydrogens (tertiary/aromatic N) is 2. The van der Waals surface area contributed by atoms with Crippen molar-refractivity contribution in [1.29, 1.82) is 0 Å². The summed E-state index contributed by atoms with van der Waals surface area (Å²) in [6.45, 7) is 3.96. The van der Waals surface area contributed by atoms with Crippen LogP contribution in [0.5, 0.6) is 11.5 Å². The first-order valence-corrected chi connectivity index (χ1v) is 15.5. The van der Waals surface area contributed by atoms with Gasteiger partial charge in [-0.05, 0) is 36.4 Å². The van der Waals surface area contributed by atoms with E-state index in [2.05, 4.69) is 9.98 Å². The van der Waals surface area contributed by atoms with Gasteiger partial charge in [-0.1, -0.05) is 74.5 Å². The molecule has 182 valence electrons. The molecule has 0 saturated carbocycles. The van der Waals surface area contributed by atoms with Gasteiger partial charge in [0.15, 0.2) is 0 Å². The molecule has 0 radical (unpaired) electrons. The fourth-order valence-electron chi connectivity index (χ4n) is 3.80. The maximum absolute atomic E-state index is 11.1. The van der Waals surface area contributed by atoms with Crippen LogP contribution in [-0.4, -0.2) is 22.6 Å². The van der Waals surface area contributed by atoms with Crippen molar-refractivity contribution >= 4 is 42.4 Å². The molecule has 0 unspecified atom stereocenters. The van der Waals surface area contributed by atoms with Gasteiger partial charge in [0.2, 0.25) is 0 Å². The molecule has 0 aromatic heterocycles. The second-order valence-electron chi connectivity index (χ2n) is 8.37. The number of aliphatic imine (C=N–C) groups is 2. The van der Waals surface area contributed by atoms with Crippen LogP contribution in [0.25, 0.3) is 0 Å². The van der Waals surface area contributed by atoms with E-state index in [1.54, 1.807) is 12.4 Å². The van der Waals surface area contributed by atoms with Crippen LogP contribution < -0.4 is 0 Å². The Kier molecular flexibility index (Phi) is 10.3. The van der Waals surface area contributed by atoms with Gasteiger partial charge in [-0.15, -0.1) is 0 Å². The number of hydrogen-bond acceptors (Lipinski definition) is 4. The van der Waals surface area contributed by atoms with Gasteiger partial charge < -0.3 is 10.2 Å². The van der Waals surface area contributed by atoms with E-state index in [1.165, 1.54) is 0 Å². The monoisotopic (exact) mass is 552 g/mol. The number of phenols is 2. The quantitative estimate of drug-likeness (QED) is 0.186. The molecule has 0 aliphatic rings. The maximum atomic E-state index is 11.1.